The number of carboxylic acid groups (broad SMARTS) is 1. The molecule has 6 nitrogen and oxygen atoms in total. The molecular weight excluding hydrogens is 220 g/mol. The van der Waals surface area contributed by atoms with Crippen molar-refractivity contribution in [2.75, 3.05) is 20.6 Å². The number of carboxylic acids is 1. The average molecular weight is 234 g/mol. The summed E-state index contributed by atoms with van der Waals surface area (Å²) < 4.78 is 1.59. The van der Waals surface area contributed by atoms with Crippen molar-refractivity contribution in [1.29, 1.82) is 0 Å². The van der Waals surface area contributed by atoms with E-state index in [0.717, 1.165) is 18.8 Å². The molecule has 0 fully saturated rings. The number of fused-ring (bicyclic) bond motifs is 1. The van der Waals surface area contributed by atoms with E-state index in [4.69, 9.17) is 5.11 Å². The Kier molecular flexibility index (Phi) is 3.06. The molecule has 6 heteroatoms. The fraction of sp³-hybridized carbons (Fsp3) is 0.364. The Morgan fingerprint density at radius 3 is 2.94 bits per heavy atom. The normalized spacial score (nSPS) is 11.2. The van der Waals surface area contributed by atoms with Crippen molar-refractivity contribution in [3.05, 3.63) is 29.7 Å². The van der Waals surface area contributed by atoms with Crippen molar-refractivity contribution in [1.82, 2.24) is 19.5 Å². The van der Waals surface area contributed by atoms with Gasteiger partial charge in [0.2, 0.25) is 0 Å². The summed E-state index contributed by atoms with van der Waals surface area (Å²) in [7, 11) is 3.97. The van der Waals surface area contributed by atoms with Gasteiger partial charge in [0, 0.05) is 19.2 Å². The van der Waals surface area contributed by atoms with Crippen LogP contribution in [0.4, 0.5) is 0 Å². The minimum atomic E-state index is -0.953. The molecule has 2 heterocycles. The predicted molar refractivity (Wildman–Crippen MR) is 62.2 cm³/mol. The summed E-state index contributed by atoms with van der Waals surface area (Å²) in [5.74, 6) is -0.230. The van der Waals surface area contributed by atoms with Crippen molar-refractivity contribution < 1.29 is 9.90 Å². The highest BCUT2D eigenvalue weighted by atomic mass is 16.4. The van der Waals surface area contributed by atoms with Gasteiger partial charge < -0.3 is 10.0 Å². The largest absolute Gasteiger partial charge is 0.478 e. The zero-order valence-electron chi connectivity index (χ0n) is 9.79. The molecular formula is C11H14N4O2. The van der Waals surface area contributed by atoms with Gasteiger partial charge in [0.25, 0.3) is 0 Å². The van der Waals surface area contributed by atoms with Gasteiger partial charge in [-0.05, 0) is 26.2 Å². The number of likely N-dealkylation sites (N-methyl/N-ethyl adjacent to an activating group) is 1. The van der Waals surface area contributed by atoms with E-state index in [1.165, 1.54) is 12.1 Å². The van der Waals surface area contributed by atoms with Crippen LogP contribution >= 0.6 is 0 Å². The SMILES string of the molecule is CN(C)CCc1nc2cc(C(=O)O)ccn2n1. The smallest absolute Gasteiger partial charge is 0.335 e. The minimum Gasteiger partial charge on any atom is -0.478 e. The molecule has 0 aromatic carbocycles. The fourth-order valence-corrected chi connectivity index (χ4v) is 1.49. The molecule has 0 spiro atoms. The average Bonchev–Trinajstić information content (AvgIpc) is 2.67. The molecule has 2 rings (SSSR count). The first-order valence-corrected chi connectivity index (χ1v) is 5.29. The highest BCUT2D eigenvalue weighted by molar-refractivity contribution is 5.88. The first-order chi connectivity index (χ1) is 8.06. The second-order valence-corrected chi connectivity index (χ2v) is 4.10. The lowest BCUT2D eigenvalue weighted by atomic mass is 10.3. The molecule has 0 radical (unpaired) electrons. The Balaban J connectivity index is 2.27. The lowest BCUT2D eigenvalue weighted by Crippen LogP contribution is -2.15. The van der Waals surface area contributed by atoms with Crippen LogP contribution in [0.15, 0.2) is 18.3 Å². The number of carbonyl (C=O) groups is 1. The Morgan fingerprint density at radius 1 is 1.53 bits per heavy atom. The van der Waals surface area contributed by atoms with Crippen molar-refractivity contribution >= 4 is 11.6 Å². The summed E-state index contributed by atoms with van der Waals surface area (Å²) >= 11 is 0. The Hall–Kier alpha value is -1.95. The molecule has 0 saturated heterocycles. The van der Waals surface area contributed by atoms with Gasteiger partial charge in [-0.2, -0.15) is 5.10 Å². The summed E-state index contributed by atoms with van der Waals surface area (Å²) in [6.45, 7) is 0.864. The molecule has 0 aliphatic carbocycles. The Labute approximate surface area is 98.5 Å². The van der Waals surface area contributed by atoms with Crippen LogP contribution in [0.3, 0.4) is 0 Å². The van der Waals surface area contributed by atoms with Gasteiger partial charge in [-0.3, -0.25) is 0 Å². The maximum absolute atomic E-state index is 10.8. The zero-order valence-corrected chi connectivity index (χ0v) is 9.79. The summed E-state index contributed by atoms with van der Waals surface area (Å²) in [4.78, 5) is 17.1. The third-order valence-corrected chi connectivity index (χ3v) is 2.41. The van der Waals surface area contributed by atoms with E-state index in [1.807, 2.05) is 19.0 Å². The molecule has 0 aliphatic rings. The number of nitrogens with zero attached hydrogens (tertiary/aromatic N) is 4. The highest BCUT2D eigenvalue weighted by Gasteiger charge is 2.07. The molecule has 90 valence electrons. The van der Waals surface area contributed by atoms with Crippen LogP contribution in [0.5, 0.6) is 0 Å². The van der Waals surface area contributed by atoms with E-state index >= 15 is 0 Å². The van der Waals surface area contributed by atoms with Crippen LogP contribution in [-0.2, 0) is 6.42 Å². The van der Waals surface area contributed by atoms with Crippen LogP contribution in [0, 0.1) is 0 Å². The van der Waals surface area contributed by atoms with Gasteiger partial charge in [0.15, 0.2) is 11.5 Å². The Bertz CT molecular complexity index is 547. The molecule has 0 saturated carbocycles. The number of hydrogen-bond donors (Lipinski definition) is 1. The third-order valence-electron chi connectivity index (χ3n) is 2.41. The van der Waals surface area contributed by atoms with Crippen molar-refractivity contribution in [3.8, 4) is 0 Å². The lowest BCUT2D eigenvalue weighted by Gasteiger charge is -2.05. The maximum atomic E-state index is 10.8. The third kappa shape index (κ3) is 2.59. The van der Waals surface area contributed by atoms with Crippen LogP contribution < -0.4 is 0 Å². The highest BCUT2D eigenvalue weighted by Crippen LogP contribution is 2.06. The number of aromatic nitrogens is 3. The van der Waals surface area contributed by atoms with Gasteiger partial charge in [-0.1, -0.05) is 0 Å². The van der Waals surface area contributed by atoms with E-state index in [-0.39, 0.29) is 5.56 Å². The first-order valence-electron chi connectivity index (χ1n) is 5.29. The fourth-order valence-electron chi connectivity index (χ4n) is 1.49. The second-order valence-electron chi connectivity index (χ2n) is 4.10. The quantitative estimate of drug-likeness (QED) is 0.835. The number of aromatic carboxylic acids is 1. The zero-order chi connectivity index (χ0) is 12.4. The number of pyridine rings is 1. The molecule has 17 heavy (non-hydrogen) atoms. The first kappa shape index (κ1) is 11.5. The summed E-state index contributed by atoms with van der Waals surface area (Å²) in [5, 5.41) is 13.1. The molecule has 0 bridgehead atoms. The lowest BCUT2D eigenvalue weighted by molar-refractivity contribution is 0.0697. The van der Waals surface area contributed by atoms with Crippen LogP contribution in [0.25, 0.3) is 5.65 Å². The van der Waals surface area contributed by atoms with Gasteiger partial charge in [-0.25, -0.2) is 14.3 Å². The molecule has 0 amide bonds. The molecule has 0 aliphatic heterocycles. The van der Waals surface area contributed by atoms with Crippen LogP contribution in [-0.4, -0.2) is 51.2 Å². The van der Waals surface area contributed by atoms with Crippen LogP contribution in [0.2, 0.25) is 0 Å². The summed E-state index contributed by atoms with van der Waals surface area (Å²) in [6, 6.07) is 3.04. The topological polar surface area (TPSA) is 70.7 Å². The van der Waals surface area contributed by atoms with E-state index in [9.17, 15) is 4.79 Å². The van der Waals surface area contributed by atoms with Gasteiger partial charge in [0.1, 0.15) is 0 Å². The van der Waals surface area contributed by atoms with Gasteiger partial charge in [-0.15, -0.1) is 0 Å². The molecule has 2 aromatic heterocycles. The monoisotopic (exact) mass is 234 g/mol. The molecule has 0 unspecified atom stereocenters. The molecule has 0 atom stereocenters. The summed E-state index contributed by atoms with van der Waals surface area (Å²) in [5.41, 5.74) is 0.794. The van der Waals surface area contributed by atoms with E-state index in [0.29, 0.717) is 5.65 Å². The van der Waals surface area contributed by atoms with Gasteiger partial charge >= 0.3 is 5.97 Å². The Morgan fingerprint density at radius 2 is 2.29 bits per heavy atom. The van der Waals surface area contributed by atoms with Gasteiger partial charge in [0.05, 0.1) is 5.56 Å². The predicted octanol–water partition coefficient (Wildman–Crippen LogP) is 0.532. The standard InChI is InChI=1S/C11H14N4O2/c1-14(2)5-4-9-12-10-7-8(11(16)17)3-6-15(10)13-9/h3,6-7H,4-5H2,1-2H3,(H,16,17). The molecule has 2 aromatic rings. The van der Waals surface area contributed by atoms with Crippen molar-refractivity contribution in [2.45, 2.75) is 6.42 Å². The maximum Gasteiger partial charge on any atom is 0.335 e. The number of hydrogen-bond acceptors (Lipinski definition) is 4. The summed E-state index contributed by atoms with van der Waals surface area (Å²) in [6.07, 6.45) is 2.36. The van der Waals surface area contributed by atoms with E-state index in [1.54, 1.807) is 10.7 Å². The van der Waals surface area contributed by atoms with E-state index in [2.05, 4.69) is 10.1 Å². The second kappa shape index (κ2) is 4.50. The van der Waals surface area contributed by atoms with Crippen LogP contribution in [0.1, 0.15) is 16.2 Å². The van der Waals surface area contributed by atoms with Crippen molar-refractivity contribution in [3.63, 3.8) is 0 Å². The van der Waals surface area contributed by atoms with E-state index < -0.39 is 5.97 Å². The number of rotatable bonds is 4. The molecule has 1 N–H and O–H groups in total. The minimum absolute atomic E-state index is 0.226. The van der Waals surface area contributed by atoms with Crippen molar-refractivity contribution in [2.24, 2.45) is 0 Å².